The quantitative estimate of drug-likeness (QED) is 0.429. The number of primary amides is 1. The van der Waals surface area contributed by atoms with Crippen molar-refractivity contribution >= 4 is 40.7 Å². The molecule has 1 fully saturated rings. The average molecular weight is 498 g/mol. The van der Waals surface area contributed by atoms with Crippen molar-refractivity contribution in [1.82, 2.24) is 19.3 Å². The molecule has 0 unspecified atom stereocenters. The van der Waals surface area contributed by atoms with Crippen molar-refractivity contribution in [2.75, 3.05) is 11.1 Å². The number of hydrogen-bond acceptors (Lipinski definition) is 7. The molecule has 3 aromatic heterocycles. The van der Waals surface area contributed by atoms with Gasteiger partial charge in [-0.2, -0.15) is 5.26 Å². The van der Waals surface area contributed by atoms with Gasteiger partial charge in [-0.25, -0.2) is 0 Å². The number of amides is 2. The summed E-state index contributed by atoms with van der Waals surface area (Å²) in [5, 5.41) is 23.8. The van der Waals surface area contributed by atoms with Crippen LogP contribution in [0.25, 0.3) is 10.7 Å². The molecular weight excluding hydrogens is 470 g/mol. The Labute approximate surface area is 206 Å². The van der Waals surface area contributed by atoms with Gasteiger partial charge in [0.25, 0.3) is 0 Å². The summed E-state index contributed by atoms with van der Waals surface area (Å²) in [4.78, 5) is 25.3. The molecule has 3 heterocycles. The van der Waals surface area contributed by atoms with Crippen molar-refractivity contribution in [2.45, 2.75) is 63.7 Å². The van der Waals surface area contributed by atoms with E-state index in [1.165, 1.54) is 23.1 Å². The summed E-state index contributed by atoms with van der Waals surface area (Å²) < 4.78 is 3.96. The Morgan fingerprint density at radius 3 is 2.74 bits per heavy atom. The van der Waals surface area contributed by atoms with Crippen molar-refractivity contribution in [3.05, 3.63) is 34.3 Å². The van der Waals surface area contributed by atoms with Gasteiger partial charge in [-0.3, -0.25) is 9.59 Å². The molecule has 1 saturated carbocycles. The van der Waals surface area contributed by atoms with Crippen molar-refractivity contribution in [1.29, 1.82) is 5.26 Å². The largest absolute Gasteiger partial charge is 0.370 e. The number of thiophene rings is 1. The highest BCUT2D eigenvalue weighted by Gasteiger charge is 2.27. The van der Waals surface area contributed by atoms with Crippen molar-refractivity contribution in [2.24, 2.45) is 5.73 Å². The van der Waals surface area contributed by atoms with E-state index in [4.69, 9.17) is 5.73 Å². The van der Waals surface area contributed by atoms with Crippen LogP contribution in [0.4, 0.5) is 5.82 Å². The van der Waals surface area contributed by atoms with Gasteiger partial charge in [0.2, 0.25) is 11.8 Å². The van der Waals surface area contributed by atoms with Crippen molar-refractivity contribution < 1.29 is 9.59 Å². The summed E-state index contributed by atoms with van der Waals surface area (Å²) in [6.07, 6.45) is 4.55. The maximum atomic E-state index is 13.0. The Bertz CT molecular complexity index is 1230. The fourth-order valence-corrected chi connectivity index (χ4v) is 5.89. The second-order valence-electron chi connectivity index (χ2n) is 8.34. The van der Waals surface area contributed by atoms with Gasteiger partial charge < -0.3 is 20.2 Å². The first-order chi connectivity index (χ1) is 16.4. The van der Waals surface area contributed by atoms with Crippen LogP contribution in [0.2, 0.25) is 0 Å². The predicted octanol–water partition coefficient (Wildman–Crippen LogP) is 4.02. The molecule has 0 radical (unpaired) electrons. The number of carbonyl (C=O) groups excluding carboxylic acids is 2. The lowest BCUT2D eigenvalue weighted by Gasteiger charge is -2.19. The number of nitrogens with two attached hydrogens (primary N) is 1. The van der Waals surface area contributed by atoms with Crippen molar-refractivity contribution in [3.8, 4) is 16.8 Å². The highest BCUT2D eigenvalue weighted by atomic mass is 32.2. The van der Waals surface area contributed by atoms with Crippen LogP contribution in [0.5, 0.6) is 0 Å². The lowest BCUT2D eigenvalue weighted by Crippen LogP contribution is -2.20. The average Bonchev–Trinajstić information content (AvgIpc) is 3.60. The zero-order valence-electron chi connectivity index (χ0n) is 19.2. The van der Waals surface area contributed by atoms with E-state index in [-0.39, 0.29) is 18.1 Å². The lowest BCUT2D eigenvalue weighted by molar-refractivity contribution is -0.118. The predicted molar refractivity (Wildman–Crippen MR) is 133 cm³/mol. The number of hydrogen-bond donors (Lipinski definition) is 2. The van der Waals surface area contributed by atoms with Gasteiger partial charge in [-0.1, -0.05) is 30.7 Å². The van der Waals surface area contributed by atoms with Gasteiger partial charge in [-0.15, -0.1) is 21.5 Å². The molecule has 1 aliphatic rings. The second-order valence-corrected chi connectivity index (χ2v) is 10.2. The Morgan fingerprint density at radius 1 is 1.32 bits per heavy atom. The van der Waals surface area contributed by atoms with Gasteiger partial charge >= 0.3 is 0 Å². The zero-order valence-corrected chi connectivity index (χ0v) is 20.8. The smallest absolute Gasteiger partial charge is 0.235 e. The molecule has 2 amide bonds. The number of aromatic nitrogens is 4. The van der Waals surface area contributed by atoms with E-state index in [9.17, 15) is 14.9 Å². The van der Waals surface area contributed by atoms with Crippen LogP contribution < -0.4 is 11.1 Å². The van der Waals surface area contributed by atoms with E-state index in [0.717, 1.165) is 41.8 Å². The van der Waals surface area contributed by atoms with Crippen LogP contribution in [-0.2, 0) is 16.1 Å². The Hall–Kier alpha value is -3.10. The molecule has 0 aromatic carbocycles. The number of nitriles is 1. The Morgan fingerprint density at radius 2 is 2.09 bits per heavy atom. The minimum atomic E-state index is -0.415. The number of thioether (sulfide) groups is 1. The van der Waals surface area contributed by atoms with Crippen LogP contribution in [-0.4, -0.2) is 36.9 Å². The summed E-state index contributed by atoms with van der Waals surface area (Å²) in [6, 6.07) is 6.42. The van der Waals surface area contributed by atoms with Gasteiger partial charge in [-0.05, 0) is 43.7 Å². The van der Waals surface area contributed by atoms with Crippen LogP contribution >= 0.6 is 23.1 Å². The molecule has 178 valence electrons. The second kappa shape index (κ2) is 10.4. The first-order valence-electron chi connectivity index (χ1n) is 11.2. The highest BCUT2D eigenvalue weighted by molar-refractivity contribution is 7.99. The molecule has 0 atom stereocenters. The molecule has 0 saturated heterocycles. The molecule has 3 N–H and O–H groups in total. The van der Waals surface area contributed by atoms with Crippen LogP contribution in [0.3, 0.4) is 0 Å². The molecular formula is C23H27N7O2S2. The van der Waals surface area contributed by atoms with Crippen LogP contribution in [0.15, 0.2) is 22.7 Å². The number of carbonyl (C=O) groups is 2. The summed E-state index contributed by atoms with van der Waals surface area (Å²) in [5.74, 6) is 0.692. The zero-order chi connectivity index (χ0) is 24.2. The minimum absolute atomic E-state index is 0.0952. The van der Waals surface area contributed by atoms with E-state index in [1.807, 2.05) is 35.9 Å². The number of nitrogens with zero attached hydrogens (tertiary/aromatic N) is 5. The first-order valence-corrected chi connectivity index (χ1v) is 13.1. The third kappa shape index (κ3) is 4.88. The van der Waals surface area contributed by atoms with Crippen LogP contribution in [0, 0.1) is 25.2 Å². The fourth-order valence-electron chi connectivity index (χ4n) is 4.41. The summed E-state index contributed by atoms with van der Waals surface area (Å²) in [5.41, 5.74) is 7.81. The van der Waals surface area contributed by atoms with Gasteiger partial charge in [0.1, 0.15) is 11.9 Å². The molecule has 1 aliphatic carbocycles. The molecule has 3 aromatic rings. The SMILES string of the molecule is Cc1c(C#N)c(NC(=O)CSc2nnc(-c3cccs3)n2CCC(N)=O)n(C2CCCC2)c1C. The number of rotatable bonds is 9. The molecule has 34 heavy (non-hydrogen) atoms. The minimum Gasteiger partial charge on any atom is -0.370 e. The summed E-state index contributed by atoms with van der Waals surface area (Å²) in [7, 11) is 0. The molecule has 9 nitrogen and oxygen atoms in total. The number of anilines is 1. The monoisotopic (exact) mass is 497 g/mol. The molecule has 11 heteroatoms. The maximum absolute atomic E-state index is 13.0. The highest BCUT2D eigenvalue weighted by Crippen LogP contribution is 2.38. The normalized spacial score (nSPS) is 13.8. The molecule has 4 rings (SSSR count). The van der Waals surface area contributed by atoms with Gasteiger partial charge in [0.05, 0.1) is 16.2 Å². The molecule has 0 spiro atoms. The molecule has 0 bridgehead atoms. The molecule has 0 aliphatic heterocycles. The number of nitrogens with one attached hydrogen (secondary N) is 1. The standard InChI is InChI=1S/C23H27N7O2S2/c1-14-15(2)30(16-6-3-4-7-16)21(17(14)12-24)26-20(32)13-34-23-28-27-22(18-8-5-11-33-18)29(23)10-9-19(25)31/h5,8,11,16H,3-4,6-7,9-10,13H2,1-2H3,(H2,25,31)(H,26,32). The van der Waals surface area contributed by atoms with Crippen molar-refractivity contribution in [3.63, 3.8) is 0 Å². The van der Waals surface area contributed by atoms with Gasteiger partial charge in [0.15, 0.2) is 11.0 Å². The lowest BCUT2D eigenvalue weighted by atomic mass is 10.2. The summed E-state index contributed by atoms with van der Waals surface area (Å²) >= 11 is 2.77. The van der Waals surface area contributed by atoms with E-state index < -0.39 is 5.91 Å². The third-order valence-corrected chi connectivity index (χ3v) is 8.02. The van der Waals surface area contributed by atoms with Crippen LogP contribution in [0.1, 0.15) is 55.0 Å². The third-order valence-electron chi connectivity index (χ3n) is 6.19. The fraction of sp³-hybridized carbons (Fsp3) is 0.435. The van der Waals surface area contributed by atoms with Gasteiger partial charge in [0, 0.05) is 24.7 Å². The Balaban J connectivity index is 1.53. The maximum Gasteiger partial charge on any atom is 0.235 e. The first kappa shape index (κ1) is 24.0. The Kier molecular flexibility index (Phi) is 7.38. The topological polar surface area (TPSA) is 132 Å². The van der Waals surface area contributed by atoms with E-state index >= 15 is 0 Å². The van der Waals surface area contributed by atoms with E-state index in [2.05, 4.69) is 26.2 Å². The van der Waals surface area contributed by atoms with E-state index in [0.29, 0.717) is 34.9 Å². The summed E-state index contributed by atoms with van der Waals surface area (Å²) in [6.45, 7) is 4.27. The van der Waals surface area contributed by atoms with E-state index in [1.54, 1.807) is 0 Å².